The smallest absolute Gasteiger partial charge is 0.227 e. The van der Waals surface area contributed by atoms with Gasteiger partial charge in [0.1, 0.15) is 0 Å². The largest absolute Gasteiger partial charge is 0.339 e. The van der Waals surface area contributed by atoms with E-state index in [1.165, 1.54) is 87.6 Å². The maximum Gasteiger partial charge on any atom is 0.227 e. The van der Waals surface area contributed by atoms with Crippen LogP contribution in [0.5, 0.6) is 0 Å². The number of halogens is 2. The number of piperidine rings is 4. The second-order valence-electron chi connectivity index (χ2n) is 13.2. The van der Waals surface area contributed by atoms with Gasteiger partial charge in [-0.25, -0.2) is 0 Å². The van der Waals surface area contributed by atoms with Gasteiger partial charge in [-0.05, 0) is 60.3 Å². The van der Waals surface area contributed by atoms with E-state index in [2.05, 4.69) is 29.2 Å². The Bertz CT molecular complexity index is 1120. The van der Waals surface area contributed by atoms with Gasteiger partial charge in [-0.3, -0.25) is 4.79 Å². The predicted octanol–water partition coefficient (Wildman–Crippen LogP) is 8.28. The monoisotopic (exact) mass is 567 g/mol. The molecule has 210 valence electrons. The average molecular weight is 569 g/mol. The Hall–Kier alpha value is -1.55. The van der Waals surface area contributed by atoms with Crippen LogP contribution in [0.25, 0.3) is 0 Å². The van der Waals surface area contributed by atoms with Gasteiger partial charge in [-0.1, -0.05) is 78.9 Å². The molecule has 7 rings (SSSR count). The first-order valence-corrected chi connectivity index (χ1v) is 16.4. The van der Waals surface area contributed by atoms with Crippen LogP contribution in [-0.2, 0) is 11.2 Å². The molecule has 2 atom stereocenters. The van der Waals surface area contributed by atoms with Crippen LogP contribution in [0.1, 0.15) is 87.7 Å². The summed E-state index contributed by atoms with van der Waals surface area (Å²) in [6.07, 6.45) is 15.3. The van der Waals surface area contributed by atoms with Crippen LogP contribution in [0, 0.1) is 11.3 Å². The summed E-state index contributed by atoms with van der Waals surface area (Å²) in [4.78, 5) is 16.0. The number of hydrogen-bond donors (Lipinski definition) is 0. The maximum absolute atomic E-state index is 13.8. The third-order valence-electron chi connectivity index (χ3n) is 11.3. The van der Waals surface area contributed by atoms with Crippen molar-refractivity contribution < 1.29 is 9.28 Å². The molecule has 0 N–H and O–H groups in total. The summed E-state index contributed by atoms with van der Waals surface area (Å²) < 4.78 is 1.28. The number of likely N-dealkylation sites (tertiary alicyclic amines) is 1. The Morgan fingerprint density at radius 2 is 1.59 bits per heavy atom. The Kier molecular flexibility index (Phi) is 8.32. The molecule has 2 aromatic carbocycles. The molecular formula is C34H45Cl2N2O+. The van der Waals surface area contributed by atoms with E-state index in [9.17, 15) is 4.79 Å². The first-order chi connectivity index (χ1) is 19.0. The number of nitrogens with zero attached hydrogens (tertiary/aromatic N) is 2. The fourth-order valence-corrected chi connectivity index (χ4v) is 9.19. The Morgan fingerprint density at radius 1 is 0.872 bits per heavy atom. The number of rotatable bonds is 7. The zero-order valence-electron chi connectivity index (χ0n) is 23.4. The summed E-state index contributed by atoms with van der Waals surface area (Å²) in [6.45, 7) is 6.09. The van der Waals surface area contributed by atoms with Crippen molar-refractivity contribution in [2.45, 2.75) is 89.0 Å². The number of quaternary nitrogens is 1. The number of carbonyl (C=O) groups is 1. The summed E-state index contributed by atoms with van der Waals surface area (Å²) >= 11 is 12.8. The second-order valence-corrected chi connectivity index (χ2v) is 14.0. The summed E-state index contributed by atoms with van der Waals surface area (Å²) in [5.41, 5.74) is 2.98. The van der Waals surface area contributed by atoms with E-state index in [1.54, 1.807) is 0 Å². The van der Waals surface area contributed by atoms with Gasteiger partial charge in [-0.2, -0.15) is 0 Å². The van der Waals surface area contributed by atoms with Gasteiger partial charge < -0.3 is 9.38 Å². The minimum absolute atomic E-state index is 0.214. The SMILES string of the molecule is O=C(Cc1ccccc1)N1CCCC(c2ccc(Cl)c(Cl)c2)C1CC[N+]12CCC(C3CCCCC3)(CC1)CC2. The van der Waals surface area contributed by atoms with Crippen LogP contribution < -0.4 is 0 Å². The van der Waals surface area contributed by atoms with Crippen LogP contribution in [0.4, 0.5) is 0 Å². The highest BCUT2D eigenvalue weighted by Gasteiger charge is 2.52. The van der Waals surface area contributed by atoms with Crippen molar-refractivity contribution in [3.63, 3.8) is 0 Å². The minimum atomic E-state index is 0.214. The molecule has 0 radical (unpaired) electrons. The topological polar surface area (TPSA) is 20.3 Å². The Morgan fingerprint density at radius 3 is 2.28 bits per heavy atom. The highest BCUT2D eigenvalue weighted by Crippen LogP contribution is 2.53. The standard InChI is InChI=1S/C34H45Cl2N2O/c35-30-14-13-27(25-31(30)36)29-12-7-19-37(33(39)24-26-8-3-1-4-9-26)32(29)15-20-38-21-16-34(17-22-38,18-23-38)28-10-5-2-6-11-28/h1,3-4,8-9,13-14,25,28-29,32H,2,5-7,10-12,15-24H2/q+1. The normalized spacial score (nSPS) is 31.4. The van der Waals surface area contributed by atoms with Crippen LogP contribution in [0.2, 0.25) is 10.0 Å². The third-order valence-corrected chi connectivity index (χ3v) is 12.0. The zero-order chi connectivity index (χ0) is 26.9. The quantitative estimate of drug-likeness (QED) is 0.308. The van der Waals surface area contributed by atoms with Gasteiger partial charge in [0.25, 0.3) is 0 Å². The van der Waals surface area contributed by atoms with Crippen LogP contribution in [0.15, 0.2) is 48.5 Å². The molecule has 2 aromatic rings. The fraction of sp³-hybridized carbons (Fsp3) is 0.618. The molecule has 1 amide bonds. The van der Waals surface area contributed by atoms with E-state index < -0.39 is 0 Å². The van der Waals surface area contributed by atoms with Crippen molar-refractivity contribution >= 4 is 29.1 Å². The molecule has 4 heterocycles. The molecule has 5 aliphatic rings. The molecule has 0 spiro atoms. The average Bonchev–Trinajstić information content (AvgIpc) is 2.99. The van der Waals surface area contributed by atoms with Crippen LogP contribution in [0.3, 0.4) is 0 Å². The van der Waals surface area contributed by atoms with E-state index in [0.29, 0.717) is 27.8 Å². The van der Waals surface area contributed by atoms with Crippen molar-refractivity contribution in [2.24, 2.45) is 11.3 Å². The van der Waals surface area contributed by atoms with E-state index in [-0.39, 0.29) is 11.9 Å². The molecule has 2 unspecified atom stereocenters. The lowest BCUT2D eigenvalue weighted by molar-refractivity contribution is -0.946. The molecule has 4 aliphatic heterocycles. The van der Waals surface area contributed by atoms with Crippen molar-refractivity contribution in [1.29, 1.82) is 0 Å². The molecule has 3 nitrogen and oxygen atoms in total. The number of benzene rings is 2. The van der Waals surface area contributed by atoms with E-state index in [0.717, 1.165) is 37.3 Å². The Balaban J connectivity index is 1.20. The van der Waals surface area contributed by atoms with E-state index >= 15 is 0 Å². The predicted molar refractivity (Wildman–Crippen MR) is 161 cm³/mol. The minimum Gasteiger partial charge on any atom is -0.339 e. The summed E-state index contributed by atoms with van der Waals surface area (Å²) in [7, 11) is 0. The molecule has 4 saturated heterocycles. The van der Waals surface area contributed by atoms with Gasteiger partial charge in [0, 0.05) is 44.2 Å². The molecule has 0 aromatic heterocycles. The second kappa shape index (κ2) is 11.7. The summed E-state index contributed by atoms with van der Waals surface area (Å²) in [6, 6.07) is 16.6. The lowest BCUT2D eigenvalue weighted by Crippen LogP contribution is -2.64. The Labute approximate surface area is 245 Å². The van der Waals surface area contributed by atoms with Crippen molar-refractivity contribution in [3.05, 3.63) is 69.7 Å². The molecule has 5 fully saturated rings. The van der Waals surface area contributed by atoms with Gasteiger partial charge in [-0.15, -0.1) is 0 Å². The molecule has 2 bridgehead atoms. The molecular weight excluding hydrogens is 523 g/mol. The summed E-state index contributed by atoms with van der Waals surface area (Å²) in [5.74, 6) is 1.56. The lowest BCUT2D eigenvalue weighted by Gasteiger charge is -2.58. The lowest BCUT2D eigenvalue weighted by atomic mass is 9.59. The fourth-order valence-electron chi connectivity index (χ4n) is 8.89. The molecule has 1 aliphatic carbocycles. The van der Waals surface area contributed by atoms with Crippen molar-refractivity contribution in [3.8, 4) is 0 Å². The van der Waals surface area contributed by atoms with Crippen molar-refractivity contribution in [1.82, 2.24) is 4.90 Å². The summed E-state index contributed by atoms with van der Waals surface area (Å²) in [5, 5.41) is 1.22. The maximum atomic E-state index is 13.8. The van der Waals surface area contributed by atoms with Gasteiger partial charge in [0.2, 0.25) is 5.91 Å². The number of fused-ring (bicyclic) bond motifs is 3. The van der Waals surface area contributed by atoms with Gasteiger partial charge >= 0.3 is 0 Å². The third kappa shape index (κ3) is 5.79. The first kappa shape index (κ1) is 27.6. The van der Waals surface area contributed by atoms with Crippen LogP contribution >= 0.6 is 23.2 Å². The highest BCUT2D eigenvalue weighted by atomic mass is 35.5. The van der Waals surface area contributed by atoms with E-state index in [1.807, 2.05) is 24.3 Å². The zero-order valence-corrected chi connectivity index (χ0v) is 24.9. The van der Waals surface area contributed by atoms with Gasteiger partial charge in [0.05, 0.1) is 42.6 Å². The van der Waals surface area contributed by atoms with Crippen molar-refractivity contribution in [2.75, 3.05) is 32.7 Å². The van der Waals surface area contributed by atoms with Gasteiger partial charge in [0.15, 0.2) is 0 Å². The molecule has 39 heavy (non-hydrogen) atoms. The van der Waals surface area contributed by atoms with Crippen LogP contribution in [-0.4, -0.2) is 54.1 Å². The molecule has 1 saturated carbocycles. The highest BCUT2D eigenvalue weighted by molar-refractivity contribution is 6.42. The van der Waals surface area contributed by atoms with E-state index in [4.69, 9.17) is 23.2 Å². The first-order valence-electron chi connectivity index (χ1n) is 15.6. The molecule has 5 heteroatoms. The number of amides is 1. The number of carbonyl (C=O) groups excluding carboxylic acids is 1. The number of hydrogen-bond acceptors (Lipinski definition) is 1.